The number of allylic oxidation sites excluding steroid dienone is 1. The highest BCUT2D eigenvalue weighted by Crippen LogP contribution is 2.47. The van der Waals surface area contributed by atoms with Gasteiger partial charge in [-0.05, 0) is 17.0 Å². The summed E-state index contributed by atoms with van der Waals surface area (Å²) in [5, 5.41) is 19.3. The first-order chi connectivity index (χ1) is 13.4. The van der Waals surface area contributed by atoms with E-state index in [1.807, 2.05) is 36.4 Å². The number of nitrogens with two attached hydrogens (primary N) is 1. The molecular weight excluding hydrogens is 352 g/mol. The van der Waals surface area contributed by atoms with Crippen molar-refractivity contribution in [2.75, 3.05) is 7.11 Å². The Kier molecular flexibility index (Phi) is 4.04. The summed E-state index contributed by atoms with van der Waals surface area (Å²) in [7, 11) is 1.65. The molecule has 0 unspecified atom stereocenters. The third-order valence-corrected chi connectivity index (χ3v) is 5.14. The summed E-state index contributed by atoms with van der Waals surface area (Å²) >= 11 is 0. The van der Waals surface area contributed by atoms with Crippen LogP contribution in [0.25, 0.3) is 10.8 Å². The largest absolute Gasteiger partial charge is 0.496 e. The molecule has 0 aliphatic carbocycles. The molecule has 6 nitrogen and oxygen atoms in total. The van der Waals surface area contributed by atoms with E-state index in [0.717, 1.165) is 33.3 Å². The van der Waals surface area contributed by atoms with Gasteiger partial charge in [0.25, 0.3) is 0 Å². The Morgan fingerprint density at radius 2 is 1.89 bits per heavy atom. The summed E-state index contributed by atoms with van der Waals surface area (Å²) in [6.07, 6.45) is 0. The van der Waals surface area contributed by atoms with Crippen molar-refractivity contribution in [1.29, 1.82) is 5.26 Å². The van der Waals surface area contributed by atoms with Crippen molar-refractivity contribution in [2.24, 2.45) is 5.73 Å². The number of rotatable bonds is 2. The number of hydrogen-bond donors (Lipinski definition) is 2. The standard InChI is InChI=1S/C22H22N4O2/c1-22(2,3)19-18-17(15(11-23)20(24)28-21(18)26-25-19)14-9-10-16(27-4)13-8-6-5-7-12(13)14/h5-10,17H,24H2,1-4H3,(H,25,26)/t17-/m0/s1. The molecule has 0 amide bonds. The van der Waals surface area contributed by atoms with Crippen LogP contribution in [-0.2, 0) is 5.41 Å². The molecule has 0 spiro atoms. The molecule has 6 heteroatoms. The zero-order chi connectivity index (χ0) is 20.1. The number of nitrogens with zero attached hydrogens (tertiary/aromatic N) is 2. The minimum absolute atomic E-state index is 0.0897. The van der Waals surface area contributed by atoms with Crippen LogP contribution in [0.3, 0.4) is 0 Å². The third kappa shape index (κ3) is 2.59. The van der Waals surface area contributed by atoms with Crippen LogP contribution in [0.5, 0.6) is 11.6 Å². The van der Waals surface area contributed by atoms with Gasteiger partial charge in [0.2, 0.25) is 11.8 Å². The van der Waals surface area contributed by atoms with E-state index in [9.17, 15) is 5.26 Å². The van der Waals surface area contributed by atoms with Crippen LogP contribution in [0.2, 0.25) is 0 Å². The van der Waals surface area contributed by atoms with E-state index in [1.54, 1.807) is 7.11 Å². The molecule has 1 aromatic heterocycles. The van der Waals surface area contributed by atoms with E-state index in [2.05, 4.69) is 37.0 Å². The van der Waals surface area contributed by atoms with Gasteiger partial charge < -0.3 is 15.2 Å². The number of nitrogens with one attached hydrogen (secondary N) is 1. The highest BCUT2D eigenvalue weighted by Gasteiger charge is 2.38. The molecule has 1 aliphatic rings. The molecule has 4 rings (SSSR count). The van der Waals surface area contributed by atoms with Crippen LogP contribution in [0.15, 0.2) is 47.9 Å². The van der Waals surface area contributed by atoms with E-state index in [1.165, 1.54) is 0 Å². The monoisotopic (exact) mass is 374 g/mol. The van der Waals surface area contributed by atoms with Crippen LogP contribution in [-0.4, -0.2) is 17.3 Å². The van der Waals surface area contributed by atoms with E-state index in [4.69, 9.17) is 15.2 Å². The lowest BCUT2D eigenvalue weighted by molar-refractivity contribution is 0.378. The van der Waals surface area contributed by atoms with Crippen LogP contribution in [0.1, 0.15) is 43.5 Å². The molecule has 142 valence electrons. The predicted molar refractivity (Wildman–Crippen MR) is 107 cm³/mol. The molecule has 1 aliphatic heterocycles. The molecule has 0 radical (unpaired) electrons. The second-order valence-corrected chi connectivity index (χ2v) is 7.89. The number of methoxy groups -OCH3 is 1. The number of hydrogen-bond acceptors (Lipinski definition) is 5. The molecule has 3 aromatic rings. The van der Waals surface area contributed by atoms with Gasteiger partial charge >= 0.3 is 0 Å². The first kappa shape index (κ1) is 17.9. The summed E-state index contributed by atoms with van der Waals surface area (Å²) in [6.45, 7) is 6.28. The lowest BCUT2D eigenvalue weighted by Crippen LogP contribution is -2.24. The molecule has 3 N–H and O–H groups in total. The van der Waals surface area contributed by atoms with Crippen LogP contribution in [0, 0.1) is 11.3 Å². The second-order valence-electron chi connectivity index (χ2n) is 7.89. The fourth-order valence-electron chi connectivity index (χ4n) is 3.85. The first-order valence-electron chi connectivity index (χ1n) is 9.08. The average Bonchev–Trinajstić information content (AvgIpc) is 3.10. The van der Waals surface area contributed by atoms with Gasteiger partial charge in [-0.3, -0.25) is 5.10 Å². The van der Waals surface area contributed by atoms with E-state index < -0.39 is 0 Å². The lowest BCUT2D eigenvalue weighted by Gasteiger charge is -2.28. The summed E-state index contributed by atoms with van der Waals surface area (Å²) < 4.78 is 11.2. The highest BCUT2D eigenvalue weighted by molar-refractivity contribution is 5.92. The van der Waals surface area contributed by atoms with Gasteiger partial charge in [-0.2, -0.15) is 5.26 Å². The summed E-state index contributed by atoms with van der Waals surface area (Å²) in [5.74, 6) is 0.918. The smallest absolute Gasteiger partial charge is 0.244 e. The van der Waals surface area contributed by atoms with Crippen molar-refractivity contribution in [1.82, 2.24) is 10.2 Å². The third-order valence-electron chi connectivity index (χ3n) is 5.14. The van der Waals surface area contributed by atoms with Gasteiger partial charge in [0.1, 0.15) is 17.4 Å². The topological polar surface area (TPSA) is 96.9 Å². The van der Waals surface area contributed by atoms with Gasteiger partial charge in [-0.15, -0.1) is 5.10 Å². The average molecular weight is 374 g/mol. The molecule has 0 bridgehead atoms. The number of aromatic nitrogens is 2. The van der Waals surface area contributed by atoms with Crippen molar-refractivity contribution in [3.05, 3.63) is 64.7 Å². The number of nitriles is 1. The number of aromatic amines is 1. The second kappa shape index (κ2) is 6.31. The van der Waals surface area contributed by atoms with Gasteiger partial charge in [-0.1, -0.05) is 51.1 Å². The van der Waals surface area contributed by atoms with Crippen LogP contribution < -0.4 is 15.2 Å². The van der Waals surface area contributed by atoms with Crippen molar-refractivity contribution in [2.45, 2.75) is 32.1 Å². The number of ether oxygens (including phenoxy) is 2. The van der Waals surface area contributed by atoms with Crippen molar-refractivity contribution in [3.8, 4) is 17.7 Å². The number of H-pyrrole nitrogens is 1. The first-order valence-corrected chi connectivity index (χ1v) is 9.08. The van der Waals surface area contributed by atoms with E-state index in [-0.39, 0.29) is 17.2 Å². The van der Waals surface area contributed by atoms with Crippen molar-refractivity contribution in [3.63, 3.8) is 0 Å². The Hall–Kier alpha value is -3.46. The maximum Gasteiger partial charge on any atom is 0.244 e. The Balaban J connectivity index is 2.07. The van der Waals surface area contributed by atoms with Gasteiger partial charge in [0.05, 0.1) is 18.6 Å². The zero-order valence-electron chi connectivity index (χ0n) is 16.3. The fourth-order valence-corrected chi connectivity index (χ4v) is 3.85. The Labute approximate surface area is 163 Å². The number of fused-ring (bicyclic) bond motifs is 2. The minimum atomic E-state index is -0.377. The van der Waals surface area contributed by atoms with Crippen molar-refractivity contribution >= 4 is 10.8 Å². The fraction of sp³-hybridized carbons (Fsp3) is 0.273. The Morgan fingerprint density at radius 3 is 2.54 bits per heavy atom. The lowest BCUT2D eigenvalue weighted by atomic mass is 9.77. The molecule has 0 saturated heterocycles. The highest BCUT2D eigenvalue weighted by atomic mass is 16.5. The van der Waals surface area contributed by atoms with Gasteiger partial charge in [0, 0.05) is 16.5 Å². The van der Waals surface area contributed by atoms with Crippen molar-refractivity contribution < 1.29 is 9.47 Å². The molecule has 0 fully saturated rings. The summed E-state index contributed by atoms with van der Waals surface area (Å²) in [6, 6.07) is 14.2. The maximum atomic E-state index is 9.90. The predicted octanol–water partition coefficient (Wildman–Crippen LogP) is 4.09. The molecule has 1 atom stereocenters. The SMILES string of the molecule is COc1ccc([C@H]2C(C#N)=C(N)Oc3n[nH]c(C(C)(C)C)c32)c2ccccc12. The molecule has 2 heterocycles. The van der Waals surface area contributed by atoms with Gasteiger partial charge in [0.15, 0.2) is 0 Å². The van der Waals surface area contributed by atoms with E-state index in [0.29, 0.717) is 11.5 Å². The Morgan fingerprint density at radius 1 is 1.18 bits per heavy atom. The zero-order valence-corrected chi connectivity index (χ0v) is 16.3. The molecular formula is C22H22N4O2. The molecule has 0 saturated carbocycles. The quantitative estimate of drug-likeness (QED) is 0.704. The molecule has 28 heavy (non-hydrogen) atoms. The summed E-state index contributed by atoms with van der Waals surface area (Å²) in [4.78, 5) is 0. The molecule has 2 aromatic carbocycles. The minimum Gasteiger partial charge on any atom is -0.496 e. The van der Waals surface area contributed by atoms with Gasteiger partial charge in [-0.25, -0.2) is 0 Å². The Bertz CT molecular complexity index is 1150. The normalized spacial score (nSPS) is 16.5. The maximum absolute atomic E-state index is 9.90. The summed E-state index contributed by atoms with van der Waals surface area (Å²) in [5.41, 5.74) is 9.02. The van der Waals surface area contributed by atoms with Crippen LogP contribution in [0.4, 0.5) is 0 Å². The van der Waals surface area contributed by atoms with E-state index >= 15 is 0 Å². The number of benzene rings is 2. The van der Waals surface area contributed by atoms with Crippen LogP contribution >= 0.6 is 0 Å².